The Bertz CT molecular complexity index is 444. The normalized spacial score (nSPS) is 20.7. The number of hydrogen-bond donors (Lipinski definition) is 0. The number of para-hydroxylation sites is 1. The van der Waals surface area contributed by atoms with Gasteiger partial charge >= 0.3 is 5.97 Å². The predicted octanol–water partition coefficient (Wildman–Crippen LogP) is 2.76. The van der Waals surface area contributed by atoms with Crippen LogP contribution in [0.4, 0.5) is 0 Å². The van der Waals surface area contributed by atoms with Crippen LogP contribution in [0.2, 0.25) is 0 Å². The van der Waals surface area contributed by atoms with Gasteiger partial charge in [-0.3, -0.25) is 4.79 Å². The molecule has 1 aliphatic heterocycles. The molecule has 1 aliphatic rings. The Morgan fingerprint density at radius 1 is 1.39 bits per heavy atom. The highest BCUT2D eigenvalue weighted by molar-refractivity contribution is 8.17. The maximum atomic E-state index is 12.2. The van der Waals surface area contributed by atoms with E-state index in [9.17, 15) is 4.79 Å². The second-order valence-corrected chi connectivity index (χ2v) is 6.53. The van der Waals surface area contributed by atoms with Crippen molar-refractivity contribution in [1.82, 2.24) is 0 Å². The van der Waals surface area contributed by atoms with Gasteiger partial charge in [0.2, 0.25) is 0 Å². The molecule has 3 nitrogen and oxygen atoms in total. The van der Waals surface area contributed by atoms with E-state index in [1.165, 1.54) is 7.11 Å². The summed E-state index contributed by atoms with van der Waals surface area (Å²) in [5.74, 6) is 0.290. The smallest absolute Gasteiger partial charge is 0.315 e. The molecule has 0 aromatic heterocycles. The molecular weight excluding hydrogens is 268 g/mol. The number of carbonyl (C=O) groups excluding carboxylic acids is 1. The highest BCUT2D eigenvalue weighted by Crippen LogP contribution is 2.51. The summed E-state index contributed by atoms with van der Waals surface area (Å²) < 4.78 is 10.5. The van der Waals surface area contributed by atoms with E-state index < -0.39 is 0 Å². The number of carbonyl (C=O) groups is 1. The topological polar surface area (TPSA) is 35.5 Å². The van der Waals surface area contributed by atoms with Crippen molar-refractivity contribution in [2.75, 3.05) is 26.2 Å². The lowest BCUT2D eigenvalue weighted by atomic mass is 9.92. The van der Waals surface area contributed by atoms with Gasteiger partial charge in [-0.1, -0.05) is 18.2 Å². The average Bonchev–Trinajstić information content (AvgIpc) is 2.45. The van der Waals surface area contributed by atoms with Crippen LogP contribution in [-0.2, 0) is 9.53 Å². The summed E-state index contributed by atoms with van der Waals surface area (Å²) in [4.78, 5) is 12.2. The zero-order chi connectivity index (χ0) is 13.2. The van der Waals surface area contributed by atoms with Crippen LogP contribution in [0.15, 0.2) is 24.3 Å². The Kier molecular flexibility index (Phi) is 4.12. The van der Waals surface area contributed by atoms with Crippen molar-refractivity contribution < 1.29 is 14.3 Å². The summed E-state index contributed by atoms with van der Waals surface area (Å²) >= 11 is 3.29. The fourth-order valence-corrected chi connectivity index (χ4v) is 4.15. The van der Waals surface area contributed by atoms with Crippen LogP contribution in [0.5, 0.6) is 5.75 Å². The van der Waals surface area contributed by atoms with Gasteiger partial charge in [0.1, 0.15) is 22.4 Å². The van der Waals surface area contributed by atoms with Gasteiger partial charge < -0.3 is 9.47 Å². The van der Waals surface area contributed by atoms with E-state index in [2.05, 4.69) is 0 Å². The number of ether oxygens (including phenoxy) is 2. The fraction of sp³-hybridized carbons (Fsp3) is 0.462. The Morgan fingerprint density at radius 2 is 2.06 bits per heavy atom. The third kappa shape index (κ3) is 2.10. The van der Waals surface area contributed by atoms with Crippen LogP contribution < -0.4 is 4.74 Å². The maximum Gasteiger partial charge on any atom is 0.315 e. The molecule has 1 aromatic rings. The summed E-state index contributed by atoms with van der Waals surface area (Å²) in [6, 6.07) is 7.68. The van der Waals surface area contributed by atoms with E-state index in [1.54, 1.807) is 23.5 Å². The van der Waals surface area contributed by atoms with Gasteiger partial charge in [-0.2, -0.15) is 0 Å². The molecule has 0 N–H and O–H groups in total. The molecule has 0 saturated carbocycles. The molecule has 1 unspecified atom stereocenters. The predicted molar refractivity (Wildman–Crippen MR) is 76.5 cm³/mol. The summed E-state index contributed by atoms with van der Waals surface area (Å²) in [7, 11) is 1.44. The van der Waals surface area contributed by atoms with Crippen LogP contribution in [0.1, 0.15) is 11.5 Å². The molecule has 0 saturated heterocycles. The monoisotopic (exact) mass is 284 g/mol. The van der Waals surface area contributed by atoms with Gasteiger partial charge in [0, 0.05) is 5.56 Å². The second-order valence-electron chi connectivity index (χ2n) is 4.00. The first kappa shape index (κ1) is 13.6. The molecule has 0 amide bonds. The minimum absolute atomic E-state index is 0.200. The molecule has 18 heavy (non-hydrogen) atoms. The van der Waals surface area contributed by atoms with E-state index in [4.69, 9.17) is 9.47 Å². The van der Waals surface area contributed by atoms with Crippen molar-refractivity contribution >= 4 is 29.5 Å². The molecular formula is C13H16O3S2. The standard InChI is InChI=1S/C13H16O3S2/c1-15-12(14)11-9-6-4-5-7-10(9)16-8-13(11,17-2)18-3/h4-7,11H,8H2,1-3H3. The third-order valence-electron chi connectivity index (χ3n) is 3.23. The molecule has 1 heterocycles. The molecule has 1 aromatic carbocycles. The molecule has 0 spiro atoms. The first-order chi connectivity index (χ1) is 8.68. The van der Waals surface area contributed by atoms with Crippen LogP contribution >= 0.6 is 23.5 Å². The second kappa shape index (κ2) is 5.45. The van der Waals surface area contributed by atoms with Gasteiger partial charge in [-0.05, 0) is 18.6 Å². The Balaban J connectivity index is 2.52. The molecule has 0 radical (unpaired) electrons. The number of rotatable bonds is 3. The van der Waals surface area contributed by atoms with Gasteiger partial charge in [0.05, 0.1) is 7.11 Å². The van der Waals surface area contributed by atoms with Gasteiger partial charge in [-0.15, -0.1) is 23.5 Å². The van der Waals surface area contributed by atoms with E-state index >= 15 is 0 Å². The first-order valence-corrected chi connectivity index (χ1v) is 8.03. The van der Waals surface area contributed by atoms with Crippen molar-refractivity contribution in [3.8, 4) is 5.75 Å². The van der Waals surface area contributed by atoms with Crippen molar-refractivity contribution in [1.29, 1.82) is 0 Å². The number of benzene rings is 1. The van der Waals surface area contributed by atoms with Crippen molar-refractivity contribution in [3.05, 3.63) is 29.8 Å². The molecule has 98 valence electrons. The zero-order valence-corrected chi connectivity index (χ0v) is 12.3. The highest BCUT2D eigenvalue weighted by atomic mass is 32.2. The van der Waals surface area contributed by atoms with E-state index in [-0.39, 0.29) is 16.0 Å². The van der Waals surface area contributed by atoms with Gasteiger partial charge in [-0.25, -0.2) is 0 Å². The first-order valence-electron chi connectivity index (χ1n) is 5.58. The maximum absolute atomic E-state index is 12.2. The SMILES string of the molecule is COC(=O)C1c2ccccc2OCC1(SC)SC. The molecule has 1 atom stereocenters. The average molecular weight is 284 g/mol. The summed E-state index contributed by atoms with van der Waals surface area (Å²) in [5.41, 5.74) is 0.916. The molecule has 0 aliphatic carbocycles. The van der Waals surface area contributed by atoms with Crippen molar-refractivity contribution in [2.45, 2.75) is 10.00 Å². The number of thioether (sulfide) groups is 2. The highest BCUT2D eigenvalue weighted by Gasteiger charge is 2.48. The van der Waals surface area contributed by atoms with Crippen LogP contribution in [-0.4, -0.2) is 36.3 Å². The Hall–Kier alpha value is -0.810. The number of hydrogen-bond acceptors (Lipinski definition) is 5. The van der Waals surface area contributed by atoms with Crippen LogP contribution in [0, 0.1) is 0 Å². The number of fused-ring (bicyclic) bond motifs is 1. The van der Waals surface area contributed by atoms with Crippen LogP contribution in [0.3, 0.4) is 0 Å². The van der Waals surface area contributed by atoms with Crippen LogP contribution in [0.25, 0.3) is 0 Å². The summed E-state index contributed by atoms with van der Waals surface area (Å²) in [6.45, 7) is 0.506. The van der Waals surface area contributed by atoms with Gasteiger partial charge in [0.15, 0.2) is 0 Å². The fourth-order valence-electron chi connectivity index (χ4n) is 2.21. The minimum Gasteiger partial charge on any atom is -0.491 e. The lowest BCUT2D eigenvalue weighted by Crippen LogP contribution is -2.43. The molecule has 2 rings (SSSR count). The van der Waals surface area contributed by atoms with Gasteiger partial charge in [0.25, 0.3) is 0 Å². The Morgan fingerprint density at radius 3 is 2.67 bits per heavy atom. The van der Waals surface area contributed by atoms with Crippen molar-refractivity contribution in [2.24, 2.45) is 0 Å². The lowest BCUT2D eigenvalue weighted by Gasteiger charge is -2.40. The molecule has 5 heteroatoms. The zero-order valence-electron chi connectivity index (χ0n) is 10.6. The largest absolute Gasteiger partial charge is 0.491 e. The molecule has 0 bridgehead atoms. The quantitative estimate of drug-likeness (QED) is 0.630. The van der Waals surface area contributed by atoms with E-state index in [0.29, 0.717) is 6.61 Å². The van der Waals surface area contributed by atoms with Crippen molar-refractivity contribution in [3.63, 3.8) is 0 Å². The molecule has 0 fully saturated rings. The Labute approximate surface area is 116 Å². The number of methoxy groups -OCH3 is 1. The summed E-state index contributed by atoms with van der Waals surface area (Å²) in [5, 5.41) is 0. The minimum atomic E-state index is -0.318. The summed E-state index contributed by atoms with van der Waals surface area (Å²) in [6.07, 6.45) is 4.01. The van der Waals surface area contributed by atoms with E-state index in [0.717, 1.165) is 11.3 Å². The third-order valence-corrected chi connectivity index (χ3v) is 6.32. The van der Waals surface area contributed by atoms with E-state index in [1.807, 2.05) is 36.8 Å². The number of esters is 1. The lowest BCUT2D eigenvalue weighted by molar-refractivity contribution is -0.143.